The summed E-state index contributed by atoms with van der Waals surface area (Å²) < 4.78 is 19.2. The van der Waals surface area contributed by atoms with Gasteiger partial charge in [-0.3, -0.25) is 9.88 Å². The van der Waals surface area contributed by atoms with E-state index in [1.165, 1.54) is 10.9 Å². The van der Waals surface area contributed by atoms with Crippen LogP contribution in [0, 0.1) is 12.7 Å². The van der Waals surface area contributed by atoms with E-state index in [4.69, 9.17) is 14.7 Å². The molecule has 6 nitrogen and oxygen atoms in total. The standard InChI is InChI=1S/C24H24FN5OS/c1-16-12-20-23(27-22(28-24(20)32-16)17-4-3-7-26-14-17)30-10-8-29(9-11-30)15-18-13-19(25)5-6-21(18)31-2/h3-7,12-14H,8-11,15H2,1-2H3. The first-order valence-corrected chi connectivity index (χ1v) is 11.4. The van der Waals surface area contributed by atoms with Gasteiger partial charge in [-0.2, -0.15) is 0 Å². The summed E-state index contributed by atoms with van der Waals surface area (Å²) in [7, 11) is 1.62. The van der Waals surface area contributed by atoms with Crippen molar-refractivity contribution in [3.8, 4) is 17.1 Å². The Hall–Kier alpha value is -3.10. The highest BCUT2D eigenvalue weighted by atomic mass is 32.1. The molecule has 1 aliphatic heterocycles. The van der Waals surface area contributed by atoms with Crippen molar-refractivity contribution in [1.82, 2.24) is 19.9 Å². The monoisotopic (exact) mass is 449 g/mol. The van der Waals surface area contributed by atoms with Gasteiger partial charge in [0.1, 0.15) is 22.2 Å². The summed E-state index contributed by atoms with van der Waals surface area (Å²) in [5.41, 5.74) is 1.79. The molecule has 164 valence electrons. The topological polar surface area (TPSA) is 54.4 Å². The first-order valence-electron chi connectivity index (χ1n) is 10.6. The first-order chi connectivity index (χ1) is 15.6. The second kappa shape index (κ2) is 8.80. The molecule has 0 saturated carbocycles. The Kier molecular flexibility index (Phi) is 5.71. The molecule has 0 amide bonds. The van der Waals surface area contributed by atoms with Crippen molar-refractivity contribution in [3.05, 3.63) is 65.0 Å². The van der Waals surface area contributed by atoms with Crippen molar-refractivity contribution in [2.24, 2.45) is 0 Å². The fourth-order valence-electron chi connectivity index (χ4n) is 4.12. The van der Waals surface area contributed by atoms with E-state index in [9.17, 15) is 4.39 Å². The van der Waals surface area contributed by atoms with E-state index < -0.39 is 0 Å². The average Bonchev–Trinajstić information content (AvgIpc) is 3.20. The number of aromatic nitrogens is 3. The van der Waals surface area contributed by atoms with Crippen LogP contribution in [0.2, 0.25) is 0 Å². The molecule has 32 heavy (non-hydrogen) atoms. The third-order valence-electron chi connectivity index (χ3n) is 5.72. The summed E-state index contributed by atoms with van der Waals surface area (Å²) in [5, 5.41) is 1.10. The van der Waals surface area contributed by atoms with Crippen LogP contribution in [0.1, 0.15) is 10.4 Å². The van der Waals surface area contributed by atoms with E-state index in [-0.39, 0.29) is 5.82 Å². The molecular weight excluding hydrogens is 425 g/mol. The van der Waals surface area contributed by atoms with Crippen molar-refractivity contribution in [2.75, 3.05) is 38.2 Å². The van der Waals surface area contributed by atoms with Crippen LogP contribution < -0.4 is 9.64 Å². The molecule has 1 aliphatic rings. The highest BCUT2D eigenvalue weighted by molar-refractivity contribution is 7.18. The van der Waals surface area contributed by atoms with Crippen LogP contribution in [-0.2, 0) is 6.54 Å². The minimum absolute atomic E-state index is 0.237. The molecule has 4 aromatic rings. The zero-order valence-electron chi connectivity index (χ0n) is 18.1. The van der Waals surface area contributed by atoms with Crippen molar-refractivity contribution in [3.63, 3.8) is 0 Å². The average molecular weight is 450 g/mol. The molecule has 1 saturated heterocycles. The largest absolute Gasteiger partial charge is 0.496 e. The molecule has 0 radical (unpaired) electrons. The molecule has 4 heterocycles. The van der Waals surface area contributed by atoms with Gasteiger partial charge in [0.05, 0.1) is 12.5 Å². The van der Waals surface area contributed by atoms with Gasteiger partial charge in [0.25, 0.3) is 0 Å². The third-order valence-corrected chi connectivity index (χ3v) is 6.67. The summed E-state index contributed by atoms with van der Waals surface area (Å²) in [6.45, 7) is 6.15. The van der Waals surface area contributed by atoms with Crippen LogP contribution in [0.15, 0.2) is 48.8 Å². The second-order valence-electron chi connectivity index (χ2n) is 7.91. The third kappa shape index (κ3) is 4.16. The number of anilines is 1. The van der Waals surface area contributed by atoms with Gasteiger partial charge in [-0.05, 0) is 43.3 Å². The number of ether oxygens (including phenoxy) is 1. The number of thiophene rings is 1. The lowest BCUT2D eigenvalue weighted by Crippen LogP contribution is -2.46. The number of fused-ring (bicyclic) bond motifs is 1. The van der Waals surface area contributed by atoms with Gasteiger partial charge < -0.3 is 9.64 Å². The molecule has 3 aromatic heterocycles. The number of piperazine rings is 1. The van der Waals surface area contributed by atoms with Gasteiger partial charge in [-0.25, -0.2) is 14.4 Å². The normalized spacial score (nSPS) is 14.8. The van der Waals surface area contributed by atoms with Gasteiger partial charge in [0.15, 0.2) is 5.82 Å². The number of aryl methyl sites for hydroxylation is 1. The summed E-state index contributed by atoms with van der Waals surface area (Å²) in [5.74, 6) is 2.16. The minimum Gasteiger partial charge on any atom is -0.496 e. The lowest BCUT2D eigenvalue weighted by molar-refractivity contribution is 0.245. The fraction of sp³-hybridized carbons (Fsp3) is 0.292. The van der Waals surface area contributed by atoms with Crippen LogP contribution in [0.4, 0.5) is 10.2 Å². The Morgan fingerprint density at radius 2 is 1.94 bits per heavy atom. The molecule has 5 rings (SSSR count). The van der Waals surface area contributed by atoms with Crippen molar-refractivity contribution in [2.45, 2.75) is 13.5 Å². The van der Waals surface area contributed by atoms with Crippen molar-refractivity contribution >= 4 is 27.4 Å². The van der Waals surface area contributed by atoms with Crippen LogP contribution in [0.25, 0.3) is 21.6 Å². The quantitative estimate of drug-likeness (QED) is 0.446. The van der Waals surface area contributed by atoms with Gasteiger partial charge in [-0.15, -0.1) is 11.3 Å². The maximum absolute atomic E-state index is 13.7. The van der Waals surface area contributed by atoms with Gasteiger partial charge >= 0.3 is 0 Å². The first kappa shape index (κ1) is 20.8. The maximum atomic E-state index is 13.7. The highest BCUT2D eigenvalue weighted by Crippen LogP contribution is 2.33. The minimum atomic E-state index is -0.237. The van der Waals surface area contributed by atoms with Gasteiger partial charge in [0, 0.05) is 61.1 Å². The number of methoxy groups -OCH3 is 1. The number of rotatable bonds is 5. The van der Waals surface area contributed by atoms with Gasteiger partial charge in [-0.1, -0.05) is 0 Å². The smallest absolute Gasteiger partial charge is 0.164 e. The van der Waals surface area contributed by atoms with E-state index >= 15 is 0 Å². The number of halogens is 1. The molecular formula is C24H24FN5OS. The lowest BCUT2D eigenvalue weighted by Gasteiger charge is -2.36. The molecule has 0 unspecified atom stereocenters. The zero-order chi connectivity index (χ0) is 22.1. The molecule has 0 N–H and O–H groups in total. The summed E-state index contributed by atoms with van der Waals surface area (Å²) in [6, 6.07) is 10.8. The predicted molar refractivity (Wildman–Crippen MR) is 126 cm³/mol. The number of benzene rings is 1. The predicted octanol–water partition coefficient (Wildman–Crippen LogP) is 4.53. The van der Waals surface area contributed by atoms with Crippen molar-refractivity contribution < 1.29 is 9.13 Å². The van der Waals surface area contributed by atoms with Crippen molar-refractivity contribution in [1.29, 1.82) is 0 Å². The van der Waals surface area contributed by atoms with E-state index in [0.717, 1.165) is 59.1 Å². The number of pyridine rings is 1. The number of hydrogen-bond donors (Lipinski definition) is 0. The molecule has 1 fully saturated rings. The summed E-state index contributed by atoms with van der Waals surface area (Å²) in [6.07, 6.45) is 3.56. The SMILES string of the molecule is COc1ccc(F)cc1CN1CCN(c2nc(-c3cccnc3)nc3sc(C)cc23)CC1. The second-order valence-corrected chi connectivity index (χ2v) is 9.14. The molecule has 8 heteroatoms. The Labute approximate surface area is 190 Å². The maximum Gasteiger partial charge on any atom is 0.164 e. The zero-order valence-corrected chi connectivity index (χ0v) is 18.9. The summed E-state index contributed by atoms with van der Waals surface area (Å²) in [4.78, 5) is 20.8. The lowest BCUT2D eigenvalue weighted by atomic mass is 10.1. The molecule has 1 aromatic carbocycles. The molecule has 0 aliphatic carbocycles. The van der Waals surface area contributed by atoms with Gasteiger partial charge in [0.2, 0.25) is 0 Å². The Balaban J connectivity index is 1.39. The molecule has 0 bridgehead atoms. The van der Waals surface area contributed by atoms with Crippen LogP contribution >= 0.6 is 11.3 Å². The van der Waals surface area contributed by atoms with Crippen LogP contribution in [-0.4, -0.2) is 53.1 Å². The Morgan fingerprint density at radius 1 is 1.09 bits per heavy atom. The summed E-state index contributed by atoms with van der Waals surface area (Å²) >= 11 is 1.69. The van der Waals surface area contributed by atoms with E-state index in [0.29, 0.717) is 12.4 Å². The van der Waals surface area contributed by atoms with E-state index in [1.54, 1.807) is 43.0 Å². The Morgan fingerprint density at radius 3 is 2.69 bits per heavy atom. The molecule has 0 spiro atoms. The van der Waals surface area contributed by atoms with E-state index in [2.05, 4.69) is 27.8 Å². The highest BCUT2D eigenvalue weighted by Gasteiger charge is 2.23. The van der Waals surface area contributed by atoms with E-state index in [1.807, 2.05) is 12.1 Å². The Bertz CT molecular complexity index is 1240. The fourth-order valence-corrected chi connectivity index (χ4v) is 5.00. The number of hydrogen-bond acceptors (Lipinski definition) is 7. The molecule has 0 atom stereocenters. The number of nitrogens with zero attached hydrogens (tertiary/aromatic N) is 5. The van der Waals surface area contributed by atoms with Crippen LogP contribution in [0.5, 0.6) is 5.75 Å². The van der Waals surface area contributed by atoms with Crippen LogP contribution in [0.3, 0.4) is 0 Å².